The highest BCUT2D eigenvalue weighted by atomic mass is 16.5. The van der Waals surface area contributed by atoms with Crippen molar-refractivity contribution in [2.45, 2.75) is 84.7 Å². The Bertz CT molecular complexity index is 559. The van der Waals surface area contributed by atoms with Gasteiger partial charge in [0.15, 0.2) is 0 Å². The van der Waals surface area contributed by atoms with Crippen LogP contribution in [0.2, 0.25) is 0 Å². The average molecular weight is 360 g/mol. The van der Waals surface area contributed by atoms with Gasteiger partial charge in [0, 0.05) is 18.6 Å². The number of ether oxygens (including phenoxy) is 1. The zero-order valence-corrected chi connectivity index (χ0v) is 17.5. The molecule has 1 aromatic rings. The summed E-state index contributed by atoms with van der Waals surface area (Å²) in [6, 6.07) is 11.2. The van der Waals surface area contributed by atoms with Crippen molar-refractivity contribution in [3.8, 4) is 0 Å². The molecule has 0 saturated heterocycles. The second-order valence-electron chi connectivity index (χ2n) is 8.57. The first-order chi connectivity index (χ1) is 12.3. The van der Waals surface area contributed by atoms with Crippen LogP contribution in [0.1, 0.15) is 72.8 Å². The number of hydrogen-bond acceptors (Lipinski definition) is 3. The fraction of sp³-hybridized carbons (Fsp3) is 0.696. The van der Waals surface area contributed by atoms with Gasteiger partial charge in [-0.15, -0.1) is 0 Å². The van der Waals surface area contributed by atoms with E-state index in [0.29, 0.717) is 18.7 Å². The molecule has 1 aliphatic carbocycles. The molecule has 0 spiro atoms. The maximum absolute atomic E-state index is 13.1. The molecule has 0 N–H and O–H groups in total. The minimum atomic E-state index is -0.451. The summed E-state index contributed by atoms with van der Waals surface area (Å²) >= 11 is 0. The van der Waals surface area contributed by atoms with Crippen molar-refractivity contribution in [2.24, 2.45) is 5.41 Å². The first-order valence-electron chi connectivity index (χ1n) is 10.3. The van der Waals surface area contributed by atoms with Crippen LogP contribution in [-0.2, 0) is 14.9 Å². The monoisotopic (exact) mass is 359 g/mol. The lowest BCUT2D eigenvalue weighted by molar-refractivity contribution is -0.163. The Labute approximate surface area is 160 Å². The van der Waals surface area contributed by atoms with Crippen molar-refractivity contribution in [3.63, 3.8) is 0 Å². The van der Waals surface area contributed by atoms with Crippen molar-refractivity contribution < 1.29 is 9.53 Å². The van der Waals surface area contributed by atoms with Gasteiger partial charge in [0.1, 0.15) is 6.61 Å². The Morgan fingerprint density at radius 1 is 1.04 bits per heavy atom. The number of nitrogens with zero attached hydrogens (tertiary/aromatic N) is 1. The molecule has 2 rings (SSSR count). The van der Waals surface area contributed by atoms with Crippen LogP contribution in [0.3, 0.4) is 0 Å². The van der Waals surface area contributed by atoms with Crippen LogP contribution in [0.25, 0.3) is 0 Å². The van der Waals surface area contributed by atoms with E-state index in [-0.39, 0.29) is 11.4 Å². The van der Waals surface area contributed by atoms with E-state index in [9.17, 15) is 4.79 Å². The molecule has 0 heterocycles. The molecule has 0 unspecified atom stereocenters. The highest BCUT2D eigenvalue weighted by Crippen LogP contribution is 2.59. The SMILES string of the molecule is CCC1(CC)CC(C(=O)OCCN(C(C)C)C(C)C)(c2ccccc2)C1. The van der Waals surface area contributed by atoms with Crippen molar-refractivity contribution in [1.82, 2.24) is 4.90 Å². The molecule has 26 heavy (non-hydrogen) atoms. The van der Waals surface area contributed by atoms with Crippen LogP contribution >= 0.6 is 0 Å². The van der Waals surface area contributed by atoms with Crippen molar-refractivity contribution in [3.05, 3.63) is 35.9 Å². The average Bonchev–Trinajstić information content (AvgIpc) is 2.59. The predicted octanol–water partition coefficient (Wildman–Crippen LogP) is 5.19. The number of carbonyl (C=O) groups excluding carboxylic acids is 1. The van der Waals surface area contributed by atoms with Gasteiger partial charge in [-0.3, -0.25) is 9.69 Å². The molecule has 1 fully saturated rings. The van der Waals surface area contributed by atoms with E-state index in [0.717, 1.165) is 37.8 Å². The van der Waals surface area contributed by atoms with Gasteiger partial charge in [-0.1, -0.05) is 57.0 Å². The molecule has 3 heteroatoms. The Kier molecular flexibility index (Phi) is 6.90. The standard InChI is InChI=1S/C23H37NO2/c1-7-22(8-2)16-23(17-22,20-12-10-9-11-13-20)21(25)26-15-14-24(18(3)4)19(5)6/h9-13,18-19H,7-8,14-17H2,1-6H3. The molecule has 0 amide bonds. The van der Waals surface area contributed by atoms with Gasteiger partial charge in [-0.2, -0.15) is 0 Å². The fourth-order valence-corrected chi connectivity index (χ4v) is 4.70. The summed E-state index contributed by atoms with van der Waals surface area (Å²) in [5.74, 6) is -0.0336. The maximum atomic E-state index is 13.1. The number of hydrogen-bond donors (Lipinski definition) is 0. The lowest BCUT2D eigenvalue weighted by atomic mass is 9.48. The minimum absolute atomic E-state index is 0.0336. The molecule has 0 atom stereocenters. The Morgan fingerprint density at radius 3 is 2.04 bits per heavy atom. The third-order valence-corrected chi connectivity index (χ3v) is 6.48. The third-order valence-electron chi connectivity index (χ3n) is 6.48. The summed E-state index contributed by atoms with van der Waals surface area (Å²) in [7, 11) is 0. The van der Waals surface area contributed by atoms with E-state index in [1.165, 1.54) is 0 Å². The highest BCUT2D eigenvalue weighted by Gasteiger charge is 2.58. The zero-order valence-electron chi connectivity index (χ0n) is 17.5. The number of benzene rings is 1. The molecular formula is C23H37NO2. The molecule has 0 bridgehead atoms. The van der Waals surface area contributed by atoms with Crippen LogP contribution in [0.4, 0.5) is 0 Å². The summed E-state index contributed by atoms with van der Waals surface area (Å²) in [5, 5.41) is 0. The molecule has 0 aliphatic heterocycles. The summed E-state index contributed by atoms with van der Waals surface area (Å²) in [6.07, 6.45) is 4.07. The smallest absolute Gasteiger partial charge is 0.316 e. The van der Waals surface area contributed by atoms with E-state index >= 15 is 0 Å². The molecule has 3 nitrogen and oxygen atoms in total. The largest absolute Gasteiger partial charge is 0.464 e. The summed E-state index contributed by atoms with van der Waals surface area (Å²) in [4.78, 5) is 15.5. The van der Waals surface area contributed by atoms with E-state index < -0.39 is 5.41 Å². The van der Waals surface area contributed by atoms with Crippen LogP contribution in [0, 0.1) is 5.41 Å². The second kappa shape index (κ2) is 8.56. The van der Waals surface area contributed by atoms with Gasteiger partial charge in [-0.05, 0) is 51.5 Å². The summed E-state index contributed by atoms with van der Waals surface area (Å²) in [5.41, 5.74) is 0.956. The Balaban J connectivity index is 2.09. The Hall–Kier alpha value is -1.35. The molecule has 1 saturated carbocycles. The molecule has 0 radical (unpaired) electrons. The van der Waals surface area contributed by atoms with Crippen LogP contribution in [0.5, 0.6) is 0 Å². The highest BCUT2D eigenvalue weighted by molar-refractivity contribution is 5.85. The molecule has 1 aromatic carbocycles. The van der Waals surface area contributed by atoms with E-state index in [1.807, 2.05) is 18.2 Å². The van der Waals surface area contributed by atoms with Gasteiger partial charge < -0.3 is 4.74 Å². The zero-order chi connectivity index (χ0) is 19.4. The molecule has 0 aromatic heterocycles. The quantitative estimate of drug-likeness (QED) is 0.569. The van der Waals surface area contributed by atoms with Crippen LogP contribution in [0.15, 0.2) is 30.3 Å². The van der Waals surface area contributed by atoms with Crippen molar-refractivity contribution in [2.75, 3.05) is 13.2 Å². The van der Waals surface area contributed by atoms with Gasteiger partial charge in [0.05, 0.1) is 5.41 Å². The third kappa shape index (κ3) is 4.14. The van der Waals surface area contributed by atoms with Crippen LogP contribution in [-0.4, -0.2) is 36.1 Å². The number of esters is 1. The fourth-order valence-electron chi connectivity index (χ4n) is 4.70. The number of carbonyl (C=O) groups is 1. The van der Waals surface area contributed by atoms with Crippen molar-refractivity contribution in [1.29, 1.82) is 0 Å². The van der Waals surface area contributed by atoms with E-state index in [1.54, 1.807) is 0 Å². The molecule has 146 valence electrons. The van der Waals surface area contributed by atoms with Gasteiger partial charge in [-0.25, -0.2) is 0 Å². The van der Waals surface area contributed by atoms with Gasteiger partial charge >= 0.3 is 5.97 Å². The van der Waals surface area contributed by atoms with E-state index in [2.05, 4.69) is 58.6 Å². The van der Waals surface area contributed by atoms with Crippen molar-refractivity contribution >= 4 is 5.97 Å². The number of rotatable bonds is 9. The molecular weight excluding hydrogens is 322 g/mol. The second-order valence-corrected chi connectivity index (χ2v) is 8.57. The Morgan fingerprint density at radius 2 is 1.58 bits per heavy atom. The maximum Gasteiger partial charge on any atom is 0.316 e. The summed E-state index contributed by atoms with van der Waals surface area (Å²) in [6.45, 7) is 14.5. The minimum Gasteiger partial charge on any atom is -0.464 e. The molecule has 1 aliphatic rings. The first-order valence-corrected chi connectivity index (χ1v) is 10.3. The van der Waals surface area contributed by atoms with Gasteiger partial charge in [0.2, 0.25) is 0 Å². The topological polar surface area (TPSA) is 29.5 Å². The lowest BCUT2D eigenvalue weighted by Gasteiger charge is -2.54. The van der Waals surface area contributed by atoms with E-state index in [4.69, 9.17) is 4.74 Å². The predicted molar refractivity (Wildman–Crippen MR) is 108 cm³/mol. The summed E-state index contributed by atoms with van der Waals surface area (Å²) < 4.78 is 5.84. The first kappa shape index (κ1) is 21.0. The van der Waals surface area contributed by atoms with Gasteiger partial charge in [0.25, 0.3) is 0 Å². The lowest BCUT2D eigenvalue weighted by Crippen LogP contribution is -2.55. The normalized spacial score (nSPS) is 18.2. The van der Waals surface area contributed by atoms with Crippen LogP contribution < -0.4 is 0 Å².